The number of pyridine rings is 1. The summed E-state index contributed by atoms with van der Waals surface area (Å²) in [6.45, 7) is 1.73. The SMILES string of the molecule is NC(=O)[C@@H]1CCCN(c2ccncc2)C1. The summed E-state index contributed by atoms with van der Waals surface area (Å²) >= 11 is 0. The highest BCUT2D eigenvalue weighted by Crippen LogP contribution is 2.21. The second kappa shape index (κ2) is 4.29. The van der Waals surface area contributed by atoms with Crippen molar-refractivity contribution in [3.8, 4) is 0 Å². The van der Waals surface area contributed by atoms with Gasteiger partial charge in [-0.1, -0.05) is 0 Å². The van der Waals surface area contributed by atoms with Crippen LogP contribution in [0.5, 0.6) is 0 Å². The van der Waals surface area contributed by atoms with E-state index in [0.717, 1.165) is 31.6 Å². The zero-order valence-corrected chi connectivity index (χ0v) is 8.60. The van der Waals surface area contributed by atoms with Crippen LogP contribution in [0.25, 0.3) is 0 Å². The molecule has 4 heteroatoms. The summed E-state index contributed by atoms with van der Waals surface area (Å²) < 4.78 is 0. The lowest BCUT2D eigenvalue weighted by atomic mass is 9.97. The number of anilines is 1. The summed E-state index contributed by atoms with van der Waals surface area (Å²) in [6, 6.07) is 3.92. The predicted octanol–water partition coefficient (Wildman–Crippen LogP) is 0.783. The number of amides is 1. The van der Waals surface area contributed by atoms with Crippen LogP contribution >= 0.6 is 0 Å². The number of carbonyl (C=O) groups excluding carboxylic acids is 1. The average molecular weight is 205 g/mol. The number of rotatable bonds is 2. The molecule has 0 saturated carbocycles. The molecular formula is C11H15N3O. The Morgan fingerprint density at radius 2 is 2.20 bits per heavy atom. The van der Waals surface area contributed by atoms with Gasteiger partial charge in [0.15, 0.2) is 0 Å². The Hall–Kier alpha value is -1.58. The van der Waals surface area contributed by atoms with Crippen LogP contribution in [0.3, 0.4) is 0 Å². The van der Waals surface area contributed by atoms with Crippen LogP contribution in [0.2, 0.25) is 0 Å². The highest BCUT2D eigenvalue weighted by atomic mass is 16.1. The Balaban J connectivity index is 2.08. The molecule has 1 atom stereocenters. The van der Waals surface area contributed by atoms with Crippen LogP contribution in [0, 0.1) is 5.92 Å². The van der Waals surface area contributed by atoms with Crippen molar-refractivity contribution in [1.29, 1.82) is 0 Å². The molecule has 1 saturated heterocycles. The first kappa shape index (κ1) is 9.96. The molecule has 15 heavy (non-hydrogen) atoms. The molecule has 2 N–H and O–H groups in total. The fourth-order valence-corrected chi connectivity index (χ4v) is 2.00. The molecule has 4 nitrogen and oxygen atoms in total. The Bertz CT molecular complexity index is 339. The van der Waals surface area contributed by atoms with Crippen molar-refractivity contribution >= 4 is 11.6 Å². The number of hydrogen-bond donors (Lipinski definition) is 1. The number of primary amides is 1. The van der Waals surface area contributed by atoms with Crippen molar-refractivity contribution in [3.63, 3.8) is 0 Å². The van der Waals surface area contributed by atoms with E-state index in [1.54, 1.807) is 12.4 Å². The summed E-state index contributed by atoms with van der Waals surface area (Å²) in [5, 5.41) is 0. The molecule has 0 spiro atoms. The maximum absolute atomic E-state index is 11.1. The third-order valence-electron chi connectivity index (χ3n) is 2.85. The van der Waals surface area contributed by atoms with Gasteiger partial charge in [0.2, 0.25) is 5.91 Å². The van der Waals surface area contributed by atoms with Crippen LogP contribution in [-0.2, 0) is 4.79 Å². The number of piperidine rings is 1. The molecule has 2 heterocycles. The lowest BCUT2D eigenvalue weighted by Crippen LogP contribution is -2.41. The van der Waals surface area contributed by atoms with Crippen molar-refractivity contribution in [3.05, 3.63) is 24.5 Å². The van der Waals surface area contributed by atoms with Gasteiger partial charge in [0.1, 0.15) is 0 Å². The van der Waals surface area contributed by atoms with E-state index in [0.29, 0.717) is 0 Å². The van der Waals surface area contributed by atoms with Crippen LogP contribution < -0.4 is 10.6 Å². The normalized spacial score (nSPS) is 21.3. The van der Waals surface area contributed by atoms with Crippen molar-refractivity contribution in [2.24, 2.45) is 11.7 Å². The quantitative estimate of drug-likeness (QED) is 0.776. The molecule has 1 aromatic rings. The first-order chi connectivity index (χ1) is 7.27. The molecule has 0 unspecified atom stereocenters. The molecule has 0 radical (unpaired) electrons. The number of aromatic nitrogens is 1. The molecule has 0 bridgehead atoms. The molecule has 0 aliphatic carbocycles. The van der Waals surface area contributed by atoms with E-state index >= 15 is 0 Å². The topological polar surface area (TPSA) is 59.2 Å². The summed E-state index contributed by atoms with van der Waals surface area (Å²) in [7, 11) is 0. The van der Waals surface area contributed by atoms with Crippen molar-refractivity contribution in [2.45, 2.75) is 12.8 Å². The summed E-state index contributed by atoms with van der Waals surface area (Å²) in [5.74, 6) is -0.194. The zero-order chi connectivity index (χ0) is 10.7. The van der Waals surface area contributed by atoms with Gasteiger partial charge in [0.25, 0.3) is 0 Å². The number of carbonyl (C=O) groups is 1. The van der Waals surface area contributed by atoms with E-state index in [4.69, 9.17) is 5.73 Å². The molecule has 1 fully saturated rings. The van der Waals surface area contributed by atoms with Gasteiger partial charge >= 0.3 is 0 Å². The minimum absolute atomic E-state index is 0.00749. The van der Waals surface area contributed by atoms with Gasteiger partial charge in [-0.2, -0.15) is 0 Å². The zero-order valence-electron chi connectivity index (χ0n) is 8.60. The van der Waals surface area contributed by atoms with Crippen molar-refractivity contribution < 1.29 is 4.79 Å². The molecule has 80 valence electrons. The Labute approximate surface area is 89.1 Å². The van der Waals surface area contributed by atoms with Gasteiger partial charge in [-0.25, -0.2) is 0 Å². The maximum Gasteiger partial charge on any atom is 0.222 e. The van der Waals surface area contributed by atoms with E-state index in [2.05, 4.69) is 9.88 Å². The van der Waals surface area contributed by atoms with Crippen LogP contribution in [-0.4, -0.2) is 24.0 Å². The lowest BCUT2D eigenvalue weighted by molar-refractivity contribution is -0.122. The second-order valence-corrected chi connectivity index (χ2v) is 3.89. The predicted molar refractivity (Wildman–Crippen MR) is 58.4 cm³/mol. The molecule has 1 aliphatic rings. The van der Waals surface area contributed by atoms with Crippen molar-refractivity contribution in [1.82, 2.24) is 4.98 Å². The molecule has 0 aromatic carbocycles. The minimum atomic E-state index is -0.186. The van der Waals surface area contributed by atoms with Gasteiger partial charge in [0, 0.05) is 31.2 Å². The number of nitrogens with zero attached hydrogens (tertiary/aromatic N) is 2. The van der Waals surface area contributed by atoms with Crippen molar-refractivity contribution in [2.75, 3.05) is 18.0 Å². The second-order valence-electron chi connectivity index (χ2n) is 3.89. The van der Waals surface area contributed by atoms with E-state index in [-0.39, 0.29) is 11.8 Å². The van der Waals surface area contributed by atoms with Gasteiger partial charge in [-0.15, -0.1) is 0 Å². The van der Waals surface area contributed by atoms with Gasteiger partial charge in [0.05, 0.1) is 5.92 Å². The minimum Gasteiger partial charge on any atom is -0.371 e. The van der Waals surface area contributed by atoms with E-state index in [9.17, 15) is 4.79 Å². The third kappa shape index (κ3) is 2.26. The van der Waals surface area contributed by atoms with Crippen LogP contribution in [0.15, 0.2) is 24.5 Å². The third-order valence-corrected chi connectivity index (χ3v) is 2.85. The molecule has 2 rings (SSSR count). The van der Waals surface area contributed by atoms with Gasteiger partial charge in [-0.3, -0.25) is 9.78 Å². The molecular weight excluding hydrogens is 190 g/mol. The number of nitrogens with two attached hydrogens (primary N) is 1. The summed E-state index contributed by atoms with van der Waals surface area (Å²) in [4.78, 5) is 17.3. The highest BCUT2D eigenvalue weighted by molar-refractivity contribution is 5.77. The Morgan fingerprint density at radius 3 is 2.87 bits per heavy atom. The largest absolute Gasteiger partial charge is 0.371 e. The van der Waals surface area contributed by atoms with Crippen LogP contribution in [0.1, 0.15) is 12.8 Å². The first-order valence-electron chi connectivity index (χ1n) is 5.21. The fourth-order valence-electron chi connectivity index (χ4n) is 2.00. The Kier molecular flexibility index (Phi) is 2.85. The smallest absolute Gasteiger partial charge is 0.222 e. The molecule has 1 amide bonds. The standard InChI is InChI=1S/C11H15N3O/c12-11(15)9-2-1-7-14(8-9)10-3-5-13-6-4-10/h3-6,9H,1-2,7-8H2,(H2,12,15)/t9-/m1/s1. The summed E-state index contributed by atoms with van der Waals surface area (Å²) in [5.41, 5.74) is 6.45. The highest BCUT2D eigenvalue weighted by Gasteiger charge is 2.23. The maximum atomic E-state index is 11.1. The first-order valence-corrected chi connectivity index (χ1v) is 5.21. The van der Waals surface area contributed by atoms with E-state index < -0.39 is 0 Å². The average Bonchev–Trinajstić information content (AvgIpc) is 2.30. The fraction of sp³-hybridized carbons (Fsp3) is 0.455. The molecule has 1 aromatic heterocycles. The lowest BCUT2D eigenvalue weighted by Gasteiger charge is -2.32. The van der Waals surface area contributed by atoms with Gasteiger partial charge in [-0.05, 0) is 25.0 Å². The van der Waals surface area contributed by atoms with E-state index in [1.165, 1.54) is 0 Å². The van der Waals surface area contributed by atoms with E-state index in [1.807, 2.05) is 12.1 Å². The van der Waals surface area contributed by atoms with Gasteiger partial charge < -0.3 is 10.6 Å². The van der Waals surface area contributed by atoms with Crippen LogP contribution in [0.4, 0.5) is 5.69 Å². The summed E-state index contributed by atoms with van der Waals surface area (Å²) in [6.07, 6.45) is 5.47. The number of hydrogen-bond acceptors (Lipinski definition) is 3. The molecule has 1 aliphatic heterocycles. The Morgan fingerprint density at radius 1 is 1.47 bits per heavy atom. The monoisotopic (exact) mass is 205 g/mol.